The van der Waals surface area contributed by atoms with Crippen molar-refractivity contribution in [2.45, 2.75) is 0 Å². The minimum Gasteiger partial charge on any atom is -0.399 e. The van der Waals surface area contributed by atoms with Crippen LogP contribution in [0.4, 0.5) is 11.5 Å². The van der Waals surface area contributed by atoms with E-state index in [-0.39, 0.29) is 0 Å². The number of rotatable bonds is 4. The zero-order valence-electron chi connectivity index (χ0n) is 9.37. The average Bonchev–Trinajstić information content (AvgIpc) is 2.12. The highest BCUT2D eigenvalue weighted by molar-refractivity contribution is 6.29. The van der Waals surface area contributed by atoms with E-state index in [1.165, 1.54) is 0 Å². The molecule has 0 aliphatic rings. The summed E-state index contributed by atoms with van der Waals surface area (Å²) in [5.74, 6) is 0.807. The topological polar surface area (TPSA) is 45.4 Å². The molecule has 1 heterocycles. The molecule has 0 atom stereocenters. The first-order chi connectivity index (χ1) is 6.99. The number of hydrogen-bond acceptors (Lipinski definition) is 4. The van der Waals surface area contributed by atoms with Gasteiger partial charge in [0.25, 0.3) is 0 Å². The molecule has 0 amide bonds. The molecule has 0 aliphatic carbocycles. The third kappa shape index (κ3) is 3.93. The van der Waals surface area contributed by atoms with Crippen LogP contribution in [0.1, 0.15) is 0 Å². The second-order valence-corrected chi connectivity index (χ2v) is 4.19. The maximum Gasteiger partial charge on any atom is 0.133 e. The van der Waals surface area contributed by atoms with Gasteiger partial charge < -0.3 is 15.5 Å². The van der Waals surface area contributed by atoms with Crippen LogP contribution in [0.25, 0.3) is 0 Å². The van der Waals surface area contributed by atoms with Crippen LogP contribution in [0, 0.1) is 0 Å². The van der Waals surface area contributed by atoms with Gasteiger partial charge in [-0.3, -0.25) is 0 Å². The van der Waals surface area contributed by atoms with Crippen molar-refractivity contribution in [1.82, 2.24) is 9.88 Å². The first-order valence-corrected chi connectivity index (χ1v) is 5.16. The van der Waals surface area contributed by atoms with E-state index in [4.69, 9.17) is 17.3 Å². The molecule has 0 radical (unpaired) electrons. The van der Waals surface area contributed by atoms with E-state index in [1.807, 2.05) is 32.1 Å². The Hall–Kier alpha value is -1.00. The number of nitrogens with two attached hydrogens (primary N) is 1. The van der Waals surface area contributed by atoms with E-state index in [0.29, 0.717) is 10.8 Å². The molecule has 0 saturated carbocycles. The normalized spacial score (nSPS) is 10.7. The Morgan fingerprint density at radius 2 is 1.93 bits per heavy atom. The lowest BCUT2D eigenvalue weighted by atomic mass is 10.4. The van der Waals surface area contributed by atoms with Gasteiger partial charge in [0, 0.05) is 31.9 Å². The van der Waals surface area contributed by atoms with Crippen molar-refractivity contribution in [3.8, 4) is 0 Å². The molecular formula is C10H17ClN4. The summed E-state index contributed by atoms with van der Waals surface area (Å²) in [6.07, 6.45) is 0. The fourth-order valence-electron chi connectivity index (χ4n) is 1.16. The van der Waals surface area contributed by atoms with Crippen LogP contribution < -0.4 is 10.6 Å². The number of likely N-dealkylation sites (N-methyl/N-ethyl adjacent to an activating group) is 2. The predicted octanol–water partition coefficient (Wildman–Crippen LogP) is 1.31. The Balaban J connectivity index is 2.68. The highest BCUT2D eigenvalue weighted by Gasteiger charge is 2.05. The Labute approximate surface area is 95.6 Å². The van der Waals surface area contributed by atoms with Crippen molar-refractivity contribution < 1.29 is 0 Å². The van der Waals surface area contributed by atoms with Gasteiger partial charge in [0.15, 0.2) is 0 Å². The highest BCUT2D eigenvalue weighted by atomic mass is 35.5. The van der Waals surface area contributed by atoms with E-state index in [0.717, 1.165) is 18.9 Å². The number of halogens is 1. The smallest absolute Gasteiger partial charge is 0.133 e. The average molecular weight is 229 g/mol. The molecule has 0 aliphatic heterocycles. The Morgan fingerprint density at radius 3 is 2.47 bits per heavy atom. The summed E-state index contributed by atoms with van der Waals surface area (Å²) in [5, 5.41) is 0.432. The Bertz CT molecular complexity index is 307. The van der Waals surface area contributed by atoms with E-state index < -0.39 is 0 Å². The number of hydrogen-bond donors (Lipinski definition) is 1. The van der Waals surface area contributed by atoms with Gasteiger partial charge >= 0.3 is 0 Å². The van der Waals surface area contributed by atoms with Gasteiger partial charge in [-0.05, 0) is 20.2 Å². The van der Waals surface area contributed by atoms with Crippen molar-refractivity contribution in [3.05, 3.63) is 17.3 Å². The summed E-state index contributed by atoms with van der Waals surface area (Å²) >= 11 is 5.83. The number of pyridine rings is 1. The molecule has 1 aromatic rings. The van der Waals surface area contributed by atoms with Gasteiger partial charge in [0.05, 0.1) is 0 Å². The molecule has 1 rings (SSSR count). The standard InChI is InChI=1S/C10H17ClN4/c1-14(2)4-5-15(3)10-7-8(12)6-9(11)13-10/h6-7H,4-5H2,1-3H3,(H2,12,13). The maximum atomic E-state index is 5.83. The molecule has 0 bridgehead atoms. The zero-order chi connectivity index (χ0) is 11.4. The van der Waals surface area contributed by atoms with Crippen molar-refractivity contribution in [2.24, 2.45) is 0 Å². The number of aromatic nitrogens is 1. The van der Waals surface area contributed by atoms with Crippen molar-refractivity contribution in [2.75, 3.05) is 44.9 Å². The molecule has 0 saturated heterocycles. The Kier molecular flexibility index (Phi) is 4.17. The number of anilines is 2. The summed E-state index contributed by atoms with van der Waals surface area (Å²) in [5.41, 5.74) is 6.33. The molecular weight excluding hydrogens is 212 g/mol. The third-order valence-electron chi connectivity index (χ3n) is 2.08. The lowest BCUT2D eigenvalue weighted by Crippen LogP contribution is -2.29. The summed E-state index contributed by atoms with van der Waals surface area (Å²) in [6, 6.07) is 3.46. The van der Waals surface area contributed by atoms with Crippen LogP contribution in [-0.4, -0.2) is 44.1 Å². The van der Waals surface area contributed by atoms with Crippen LogP contribution in [0.5, 0.6) is 0 Å². The van der Waals surface area contributed by atoms with Gasteiger partial charge in [0.1, 0.15) is 11.0 Å². The first kappa shape index (κ1) is 12.1. The van der Waals surface area contributed by atoms with Crippen molar-refractivity contribution in [3.63, 3.8) is 0 Å². The van der Waals surface area contributed by atoms with Crippen LogP contribution in [-0.2, 0) is 0 Å². The SMILES string of the molecule is CN(C)CCN(C)c1cc(N)cc(Cl)n1. The highest BCUT2D eigenvalue weighted by Crippen LogP contribution is 2.18. The molecule has 0 fully saturated rings. The monoisotopic (exact) mass is 228 g/mol. The van der Waals surface area contributed by atoms with Gasteiger partial charge in [-0.15, -0.1) is 0 Å². The molecule has 84 valence electrons. The molecule has 0 spiro atoms. The van der Waals surface area contributed by atoms with Crippen molar-refractivity contribution in [1.29, 1.82) is 0 Å². The van der Waals surface area contributed by atoms with Crippen LogP contribution in [0.3, 0.4) is 0 Å². The summed E-state index contributed by atoms with van der Waals surface area (Å²) in [4.78, 5) is 8.35. The summed E-state index contributed by atoms with van der Waals surface area (Å²) < 4.78 is 0. The van der Waals surface area contributed by atoms with E-state index in [1.54, 1.807) is 6.07 Å². The summed E-state index contributed by atoms with van der Waals surface area (Å²) in [7, 11) is 6.04. The molecule has 2 N–H and O–H groups in total. The second kappa shape index (κ2) is 5.19. The van der Waals surface area contributed by atoms with Gasteiger partial charge in [-0.25, -0.2) is 4.98 Å². The van der Waals surface area contributed by atoms with E-state index in [9.17, 15) is 0 Å². The minimum atomic E-state index is 0.432. The van der Waals surface area contributed by atoms with Gasteiger partial charge in [-0.1, -0.05) is 11.6 Å². The van der Waals surface area contributed by atoms with Crippen molar-refractivity contribution >= 4 is 23.1 Å². The fourth-order valence-corrected chi connectivity index (χ4v) is 1.37. The lowest BCUT2D eigenvalue weighted by Gasteiger charge is -2.20. The largest absolute Gasteiger partial charge is 0.399 e. The van der Waals surface area contributed by atoms with E-state index >= 15 is 0 Å². The molecule has 1 aromatic heterocycles. The van der Waals surface area contributed by atoms with Crippen LogP contribution in [0.2, 0.25) is 5.15 Å². The predicted molar refractivity (Wildman–Crippen MR) is 65.5 cm³/mol. The lowest BCUT2D eigenvalue weighted by molar-refractivity contribution is 0.416. The zero-order valence-corrected chi connectivity index (χ0v) is 10.1. The molecule has 5 heteroatoms. The Morgan fingerprint density at radius 1 is 1.27 bits per heavy atom. The minimum absolute atomic E-state index is 0.432. The molecule has 15 heavy (non-hydrogen) atoms. The second-order valence-electron chi connectivity index (χ2n) is 3.81. The fraction of sp³-hybridized carbons (Fsp3) is 0.500. The number of nitrogen functional groups attached to an aromatic ring is 1. The van der Waals surface area contributed by atoms with Gasteiger partial charge in [-0.2, -0.15) is 0 Å². The molecule has 0 aromatic carbocycles. The van der Waals surface area contributed by atoms with E-state index in [2.05, 4.69) is 9.88 Å². The summed E-state index contributed by atoms with van der Waals surface area (Å²) in [6.45, 7) is 1.85. The third-order valence-corrected chi connectivity index (χ3v) is 2.27. The quantitative estimate of drug-likeness (QED) is 0.790. The van der Waals surface area contributed by atoms with Gasteiger partial charge in [0.2, 0.25) is 0 Å². The maximum absolute atomic E-state index is 5.83. The first-order valence-electron chi connectivity index (χ1n) is 4.78. The number of nitrogens with zero attached hydrogens (tertiary/aromatic N) is 3. The van der Waals surface area contributed by atoms with Crippen LogP contribution >= 0.6 is 11.6 Å². The molecule has 4 nitrogen and oxygen atoms in total. The van der Waals surface area contributed by atoms with Crippen LogP contribution in [0.15, 0.2) is 12.1 Å². The molecule has 0 unspecified atom stereocenters.